The average Bonchev–Trinajstić information content (AvgIpc) is 2.49. The van der Waals surface area contributed by atoms with Crippen LogP contribution in [0.4, 0.5) is 0 Å². The molecule has 1 aromatic rings. The van der Waals surface area contributed by atoms with E-state index in [0.29, 0.717) is 5.92 Å². The molecule has 1 atom stereocenters. The molecule has 0 saturated heterocycles. The van der Waals surface area contributed by atoms with Gasteiger partial charge in [-0.25, -0.2) is 0 Å². The molecule has 2 N–H and O–H groups in total. The standard InChI is InChI=1S/C20H33NO.ClH/c1-6-7-8-9-10-11-19(16(2)20(3,4)21)17-12-14-18(22-5)15-13-17;/h12-15,19H,2,6-11,21H2,1,3-5H3;1H. The lowest BCUT2D eigenvalue weighted by Gasteiger charge is -2.30. The molecule has 0 aromatic heterocycles. The van der Waals surface area contributed by atoms with Gasteiger partial charge in [0.05, 0.1) is 7.11 Å². The zero-order valence-corrected chi connectivity index (χ0v) is 16.0. The largest absolute Gasteiger partial charge is 0.497 e. The first-order chi connectivity index (χ1) is 10.4. The van der Waals surface area contributed by atoms with Crippen LogP contribution in [0.5, 0.6) is 5.75 Å². The second kappa shape index (κ2) is 10.7. The number of nitrogens with two attached hydrogens (primary N) is 1. The third-order valence-corrected chi connectivity index (χ3v) is 4.36. The number of ether oxygens (including phenoxy) is 1. The van der Waals surface area contributed by atoms with E-state index in [2.05, 4.69) is 25.6 Å². The predicted molar refractivity (Wildman–Crippen MR) is 104 cm³/mol. The Labute approximate surface area is 148 Å². The molecule has 0 bridgehead atoms. The molecule has 0 fully saturated rings. The third kappa shape index (κ3) is 7.41. The Kier molecular flexibility index (Phi) is 10.3. The van der Waals surface area contributed by atoms with Crippen LogP contribution in [0.2, 0.25) is 0 Å². The van der Waals surface area contributed by atoms with Crippen LogP contribution in [0.1, 0.15) is 70.8 Å². The fourth-order valence-corrected chi connectivity index (χ4v) is 2.78. The summed E-state index contributed by atoms with van der Waals surface area (Å²) in [6, 6.07) is 8.34. The molecule has 1 rings (SSSR count). The van der Waals surface area contributed by atoms with Crippen molar-refractivity contribution >= 4 is 12.4 Å². The van der Waals surface area contributed by atoms with E-state index < -0.39 is 0 Å². The number of benzene rings is 1. The van der Waals surface area contributed by atoms with Gasteiger partial charge in [-0.2, -0.15) is 0 Å². The minimum absolute atomic E-state index is 0. The van der Waals surface area contributed by atoms with Gasteiger partial charge in [0.15, 0.2) is 0 Å². The second-order valence-electron chi connectivity index (χ2n) is 6.78. The van der Waals surface area contributed by atoms with Gasteiger partial charge < -0.3 is 10.5 Å². The van der Waals surface area contributed by atoms with Crippen molar-refractivity contribution in [2.24, 2.45) is 5.73 Å². The van der Waals surface area contributed by atoms with E-state index in [0.717, 1.165) is 17.7 Å². The second-order valence-corrected chi connectivity index (χ2v) is 6.78. The van der Waals surface area contributed by atoms with Gasteiger partial charge >= 0.3 is 0 Å². The monoisotopic (exact) mass is 339 g/mol. The van der Waals surface area contributed by atoms with Crippen molar-refractivity contribution in [3.05, 3.63) is 42.0 Å². The van der Waals surface area contributed by atoms with Crippen LogP contribution in [0.3, 0.4) is 0 Å². The molecule has 1 aromatic carbocycles. The van der Waals surface area contributed by atoms with Crippen molar-refractivity contribution in [1.29, 1.82) is 0 Å². The van der Waals surface area contributed by atoms with Gasteiger partial charge in [-0.15, -0.1) is 12.4 Å². The maximum absolute atomic E-state index is 6.30. The number of hydrogen-bond acceptors (Lipinski definition) is 2. The molecule has 0 spiro atoms. The van der Waals surface area contributed by atoms with E-state index in [1.807, 2.05) is 26.0 Å². The van der Waals surface area contributed by atoms with E-state index in [1.165, 1.54) is 37.7 Å². The van der Waals surface area contributed by atoms with Crippen molar-refractivity contribution < 1.29 is 4.74 Å². The Morgan fingerprint density at radius 2 is 1.70 bits per heavy atom. The predicted octanol–water partition coefficient (Wildman–Crippen LogP) is 5.85. The zero-order chi connectivity index (χ0) is 16.6. The first-order valence-corrected chi connectivity index (χ1v) is 8.52. The molecule has 0 heterocycles. The molecule has 2 nitrogen and oxygen atoms in total. The van der Waals surface area contributed by atoms with Gasteiger partial charge in [0.1, 0.15) is 5.75 Å². The summed E-state index contributed by atoms with van der Waals surface area (Å²) < 4.78 is 5.25. The maximum Gasteiger partial charge on any atom is 0.118 e. The summed E-state index contributed by atoms with van der Waals surface area (Å²) in [6.45, 7) is 10.6. The summed E-state index contributed by atoms with van der Waals surface area (Å²) in [5, 5.41) is 0. The Balaban J connectivity index is 0.00000484. The molecular formula is C20H34ClNO. The van der Waals surface area contributed by atoms with Crippen LogP contribution in [0, 0.1) is 0 Å². The summed E-state index contributed by atoms with van der Waals surface area (Å²) in [5.41, 5.74) is 8.36. The van der Waals surface area contributed by atoms with Crippen molar-refractivity contribution in [3.63, 3.8) is 0 Å². The van der Waals surface area contributed by atoms with Crippen LogP contribution >= 0.6 is 12.4 Å². The molecule has 0 radical (unpaired) electrons. The SMILES string of the molecule is C=C(C(CCCCCCC)c1ccc(OC)cc1)C(C)(C)N.Cl. The summed E-state index contributed by atoms with van der Waals surface area (Å²) in [4.78, 5) is 0. The molecule has 132 valence electrons. The minimum atomic E-state index is -0.353. The highest BCUT2D eigenvalue weighted by Crippen LogP contribution is 2.34. The van der Waals surface area contributed by atoms with Crippen molar-refractivity contribution in [2.45, 2.75) is 70.8 Å². The highest BCUT2D eigenvalue weighted by atomic mass is 35.5. The number of methoxy groups -OCH3 is 1. The summed E-state index contributed by atoms with van der Waals surface area (Å²) >= 11 is 0. The fraction of sp³-hybridized carbons (Fsp3) is 0.600. The Hall–Kier alpha value is -0.990. The first kappa shape index (κ1) is 22.0. The van der Waals surface area contributed by atoms with Crippen LogP contribution in [0.25, 0.3) is 0 Å². The van der Waals surface area contributed by atoms with E-state index >= 15 is 0 Å². The Morgan fingerprint density at radius 1 is 1.13 bits per heavy atom. The van der Waals surface area contributed by atoms with Gasteiger partial charge in [0, 0.05) is 11.5 Å². The molecule has 0 aliphatic heterocycles. The Morgan fingerprint density at radius 3 is 2.17 bits per heavy atom. The number of rotatable bonds is 10. The Bertz CT molecular complexity index is 448. The minimum Gasteiger partial charge on any atom is -0.497 e. The van der Waals surface area contributed by atoms with Gasteiger partial charge in [-0.3, -0.25) is 0 Å². The van der Waals surface area contributed by atoms with E-state index in [4.69, 9.17) is 10.5 Å². The summed E-state index contributed by atoms with van der Waals surface area (Å²) in [7, 11) is 1.70. The third-order valence-electron chi connectivity index (χ3n) is 4.36. The lowest BCUT2D eigenvalue weighted by atomic mass is 9.79. The quantitative estimate of drug-likeness (QED) is 0.428. The smallest absolute Gasteiger partial charge is 0.118 e. The van der Waals surface area contributed by atoms with Crippen molar-refractivity contribution in [1.82, 2.24) is 0 Å². The highest BCUT2D eigenvalue weighted by Gasteiger charge is 2.25. The molecule has 0 amide bonds. The van der Waals surface area contributed by atoms with Gasteiger partial charge in [0.25, 0.3) is 0 Å². The molecule has 1 unspecified atom stereocenters. The normalized spacial score (nSPS) is 12.4. The van der Waals surface area contributed by atoms with Gasteiger partial charge in [-0.1, -0.05) is 63.3 Å². The van der Waals surface area contributed by atoms with Crippen molar-refractivity contribution in [3.8, 4) is 5.75 Å². The summed E-state index contributed by atoms with van der Waals surface area (Å²) in [5.74, 6) is 1.22. The number of unbranched alkanes of at least 4 members (excludes halogenated alkanes) is 4. The maximum atomic E-state index is 6.30. The molecule has 0 saturated carbocycles. The van der Waals surface area contributed by atoms with Crippen LogP contribution in [-0.4, -0.2) is 12.6 Å². The van der Waals surface area contributed by atoms with E-state index in [-0.39, 0.29) is 17.9 Å². The van der Waals surface area contributed by atoms with Crippen LogP contribution in [-0.2, 0) is 0 Å². The van der Waals surface area contributed by atoms with Crippen LogP contribution in [0.15, 0.2) is 36.4 Å². The first-order valence-electron chi connectivity index (χ1n) is 8.52. The van der Waals surface area contributed by atoms with Crippen molar-refractivity contribution in [2.75, 3.05) is 7.11 Å². The van der Waals surface area contributed by atoms with Crippen LogP contribution < -0.4 is 10.5 Å². The molecule has 0 aliphatic rings. The molecule has 0 aliphatic carbocycles. The lowest BCUT2D eigenvalue weighted by Crippen LogP contribution is -2.36. The van der Waals surface area contributed by atoms with E-state index in [9.17, 15) is 0 Å². The van der Waals surface area contributed by atoms with Gasteiger partial charge in [0.2, 0.25) is 0 Å². The summed E-state index contributed by atoms with van der Waals surface area (Å²) in [6.07, 6.45) is 7.57. The molecule has 23 heavy (non-hydrogen) atoms. The van der Waals surface area contributed by atoms with Gasteiger partial charge in [-0.05, 0) is 38.0 Å². The number of hydrogen-bond donors (Lipinski definition) is 1. The highest BCUT2D eigenvalue weighted by molar-refractivity contribution is 5.85. The lowest BCUT2D eigenvalue weighted by molar-refractivity contribution is 0.414. The zero-order valence-electron chi connectivity index (χ0n) is 15.2. The molecule has 3 heteroatoms. The number of halogens is 1. The average molecular weight is 340 g/mol. The molecular weight excluding hydrogens is 306 g/mol. The fourth-order valence-electron chi connectivity index (χ4n) is 2.78. The van der Waals surface area contributed by atoms with E-state index in [1.54, 1.807) is 7.11 Å². The topological polar surface area (TPSA) is 35.2 Å².